The predicted molar refractivity (Wildman–Crippen MR) is 95.6 cm³/mol. The Labute approximate surface area is 140 Å². The van der Waals surface area contributed by atoms with E-state index in [1.54, 1.807) is 4.57 Å². The van der Waals surface area contributed by atoms with E-state index in [9.17, 15) is 4.79 Å². The zero-order valence-corrected chi connectivity index (χ0v) is 14.2. The second kappa shape index (κ2) is 5.20. The molecule has 0 saturated heterocycles. The van der Waals surface area contributed by atoms with Gasteiger partial charge in [-0.25, -0.2) is 4.79 Å². The summed E-state index contributed by atoms with van der Waals surface area (Å²) in [5, 5.41) is 0.936. The Morgan fingerprint density at radius 2 is 1.83 bits per heavy atom. The maximum atomic E-state index is 12.8. The van der Waals surface area contributed by atoms with Crippen molar-refractivity contribution in [2.24, 2.45) is 0 Å². The third-order valence-electron chi connectivity index (χ3n) is 4.43. The molecule has 1 aliphatic heterocycles. The normalized spacial score (nSPS) is 13.8. The molecule has 0 atom stereocenters. The van der Waals surface area contributed by atoms with E-state index >= 15 is 0 Å². The molecule has 0 radical (unpaired) electrons. The van der Waals surface area contributed by atoms with Crippen molar-refractivity contribution in [1.82, 2.24) is 9.55 Å². The van der Waals surface area contributed by atoms with Crippen LogP contribution in [-0.2, 0) is 12.0 Å². The molecule has 0 unspecified atom stereocenters. The molecule has 1 aromatic heterocycles. The van der Waals surface area contributed by atoms with E-state index in [0.29, 0.717) is 12.3 Å². The lowest BCUT2D eigenvalue weighted by Crippen LogP contribution is -2.36. The van der Waals surface area contributed by atoms with E-state index in [4.69, 9.17) is 4.74 Å². The van der Waals surface area contributed by atoms with Crippen molar-refractivity contribution in [2.45, 2.75) is 32.7 Å². The average molecular weight is 320 g/mol. The Hall–Kier alpha value is -2.62. The highest BCUT2D eigenvalue weighted by Gasteiger charge is 2.25. The molecule has 0 spiro atoms. The quantitative estimate of drug-likeness (QED) is 0.686. The van der Waals surface area contributed by atoms with E-state index in [0.717, 1.165) is 28.6 Å². The van der Waals surface area contributed by atoms with Gasteiger partial charge >= 0.3 is 5.69 Å². The van der Waals surface area contributed by atoms with Crippen LogP contribution in [0.25, 0.3) is 22.2 Å². The lowest BCUT2D eigenvalue weighted by atomic mass is 10.0. The Bertz CT molecular complexity index is 982. The Morgan fingerprint density at radius 1 is 1.08 bits per heavy atom. The second-order valence-electron chi connectivity index (χ2n) is 7.16. The van der Waals surface area contributed by atoms with Gasteiger partial charge in [-0.05, 0) is 32.4 Å². The highest BCUT2D eigenvalue weighted by atomic mass is 16.5. The SMILES string of the molecule is CC(C)(C)n1c(=O)nc(-c2ccccc2)c2c3c(ccc21)CCO3. The minimum atomic E-state index is -0.357. The molecule has 0 amide bonds. The molecule has 0 aliphatic carbocycles. The molecule has 24 heavy (non-hydrogen) atoms. The summed E-state index contributed by atoms with van der Waals surface area (Å²) in [6.45, 7) is 6.74. The summed E-state index contributed by atoms with van der Waals surface area (Å²) < 4.78 is 7.69. The molecule has 0 fully saturated rings. The highest BCUT2D eigenvalue weighted by molar-refractivity contribution is 5.98. The van der Waals surface area contributed by atoms with Crippen molar-refractivity contribution in [1.29, 1.82) is 0 Å². The van der Waals surface area contributed by atoms with Gasteiger partial charge in [0.25, 0.3) is 0 Å². The number of ether oxygens (including phenoxy) is 1. The van der Waals surface area contributed by atoms with Gasteiger partial charge in [-0.1, -0.05) is 36.4 Å². The van der Waals surface area contributed by atoms with Gasteiger partial charge < -0.3 is 4.74 Å². The molecule has 122 valence electrons. The predicted octanol–water partition coefficient (Wildman–Crippen LogP) is 3.75. The van der Waals surface area contributed by atoms with E-state index in [1.807, 2.05) is 57.2 Å². The fourth-order valence-electron chi connectivity index (χ4n) is 3.41. The van der Waals surface area contributed by atoms with Crippen LogP contribution in [0.3, 0.4) is 0 Å². The lowest BCUT2D eigenvalue weighted by molar-refractivity contribution is 0.359. The Morgan fingerprint density at radius 3 is 2.54 bits per heavy atom. The molecule has 4 nitrogen and oxygen atoms in total. The minimum Gasteiger partial charge on any atom is -0.492 e. The fourth-order valence-corrected chi connectivity index (χ4v) is 3.41. The van der Waals surface area contributed by atoms with Crippen LogP contribution in [0.4, 0.5) is 0 Å². The van der Waals surface area contributed by atoms with Crippen LogP contribution in [0.15, 0.2) is 47.3 Å². The molecule has 0 bridgehead atoms. The van der Waals surface area contributed by atoms with Crippen LogP contribution in [-0.4, -0.2) is 16.2 Å². The smallest absolute Gasteiger partial charge is 0.349 e. The Balaban J connectivity index is 2.19. The first kappa shape index (κ1) is 14.9. The van der Waals surface area contributed by atoms with Gasteiger partial charge in [0.15, 0.2) is 0 Å². The molecule has 0 N–H and O–H groups in total. The van der Waals surface area contributed by atoms with Crippen LogP contribution >= 0.6 is 0 Å². The maximum absolute atomic E-state index is 12.8. The monoisotopic (exact) mass is 320 g/mol. The van der Waals surface area contributed by atoms with Crippen molar-refractivity contribution in [2.75, 3.05) is 6.61 Å². The first-order chi connectivity index (χ1) is 11.5. The summed E-state index contributed by atoms with van der Waals surface area (Å²) in [5.41, 5.74) is 3.11. The summed E-state index contributed by atoms with van der Waals surface area (Å²) in [5.74, 6) is 0.872. The summed E-state index contributed by atoms with van der Waals surface area (Å²) in [7, 11) is 0. The number of aromatic nitrogens is 2. The summed E-state index contributed by atoms with van der Waals surface area (Å²) in [6.07, 6.45) is 0.897. The van der Waals surface area contributed by atoms with Crippen molar-refractivity contribution >= 4 is 10.9 Å². The lowest BCUT2D eigenvalue weighted by Gasteiger charge is -2.25. The first-order valence-corrected chi connectivity index (χ1v) is 8.24. The topological polar surface area (TPSA) is 44.1 Å². The van der Waals surface area contributed by atoms with Crippen molar-refractivity contribution < 1.29 is 4.74 Å². The van der Waals surface area contributed by atoms with Gasteiger partial charge in [0, 0.05) is 17.5 Å². The van der Waals surface area contributed by atoms with Gasteiger partial charge in [-0.2, -0.15) is 4.98 Å². The van der Waals surface area contributed by atoms with Gasteiger partial charge in [0.1, 0.15) is 5.75 Å². The van der Waals surface area contributed by atoms with Crippen molar-refractivity contribution in [3.8, 4) is 17.0 Å². The second-order valence-corrected chi connectivity index (χ2v) is 7.16. The van der Waals surface area contributed by atoms with E-state index in [1.165, 1.54) is 5.56 Å². The van der Waals surface area contributed by atoms with Crippen molar-refractivity contribution in [3.63, 3.8) is 0 Å². The molecule has 1 aliphatic rings. The molecular formula is C20H20N2O2. The van der Waals surface area contributed by atoms with Crippen LogP contribution in [0, 0.1) is 0 Å². The van der Waals surface area contributed by atoms with E-state index < -0.39 is 0 Å². The van der Waals surface area contributed by atoms with Crippen LogP contribution < -0.4 is 10.4 Å². The van der Waals surface area contributed by atoms with Crippen molar-refractivity contribution in [3.05, 3.63) is 58.5 Å². The van der Waals surface area contributed by atoms with Crippen LogP contribution in [0.5, 0.6) is 5.75 Å². The number of benzene rings is 2. The first-order valence-electron chi connectivity index (χ1n) is 8.24. The van der Waals surface area contributed by atoms with E-state index in [-0.39, 0.29) is 11.2 Å². The largest absolute Gasteiger partial charge is 0.492 e. The zero-order valence-electron chi connectivity index (χ0n) is 14.2. The minimum absolute atomic E-state index is 0.230. The third kappa shape index (κ3) is 2.21. The van der Waals surface area contributed by atoms with Gasteiger partial charge in [0.2, 0.25) is 0 Å². The summed E-state index contributed by atoms with van der Waals surface area (Å²) in [6, 6.07) is 14.0. The Kier molecular flexibility index (Phi) is 3.23. The fraction of sp³-hybridized carbons (Fsp3) is 0.300. The van der Waals surface area contributed by atoms with E-state index in [2.05, 4.69) is 11.1 Å². The molecular weight excluding hydrogens is 300 g/mol. The summed E-state index contributed by atoms with van der Waals surface area (Å²) >= 11 is 0. The molecule has 0 saturated carbocycles. The van der Waals surface area contributed by atoms with Gasteiger partial charge in [0.05, 0.1) is 23.2 Å². The average Bonchev–Trinajstić information content (AvgIpc) is 3.02. The summed E-state index contributed by atoms with van der Waals surface area (Å²) in [4.78, 5) is 17.2. The molecule has 3 aromatic rings. The number of hydrogen-bond acceptors (Lipinski definition) is 3. The molecule has 4 heteroatoms. The maximum Gasteiger partial charge on any atom is 0.349 e. The van der Waals surface area contributed by atoms with Crippen LogP contribution in [0.2, 0.25) is 0 Å². The van der Waals surface area contributed by atoms with Crippen LogP contribution in [0.1, 0.15) is 26.3 Å². The highest BCUT2D eigenvalue weighted by Crippen LogP contribution is 2.39. The molecule has 2 aromatic carbocycles. The molecule has 2 heterocycles. The van der Waals surface area contributed by atoms with Gasteiger partial charge in [-0.3, -0.25) is 4.57 Å². The van der Waals surface area contributed by atoms with Gasteiger partial charge in [-0.15, -0.1) is 0 Å². The third-order valence-corrected chi connectivity index (χ3v) is 4.43. The zero-order chi connectivity index (χ0) is 16.9. The number of fused-ring (bicyclic) bond motifs is 3. The standard InChI is InChI=1S/C20H20N2O2/c1-20(2,3)22-15-10-9-14-11-12-24-18(14)16(15)17(21-19(22)23)13-7-5-4-6-8-13/h4-10H,11-12H2,1-3H3. The number of nitrogens with zero attached hydrogens (tertiary/aromatic N) is 2. The number of rotatable bonds is 1. The molecule has 4 rings (SSSR count). The number of hydrogen-bond donors (Lipinski definition) is 0.